The Hall–Kier alpha value is -3.48. The smallest absolute Gasteiger partial charge is 0.264 e. The molecule has 0 radical (unpaired) electrons. The summed E-state index contributed by atoms with van der Waals surface area (Å²) < 4.78 is 39.5. The Kier molecular flexibility index (Phi) is 9.20. The van der Waals surface area contributed by atoms with Gasteiger partial charge in [-0.3, -0.25) is 4.99 Å². The maximum Gasteiger partial charge on any atom is 0.264 e. The number of halogens is 1. The molecule has 1 heterocycles. The molecule has 3 aromatic rings. The van der Waals surface area contributed by atoms with Crippen LogP contribution in [0, 0.1) is 0 Å². The maximum atomic E-state index is 13.2. The highest BCUT2D eigenvalue weighted by atomic mass is 35.5. The lowest BCUT2D eigenvalue weighted by Gasteiger charge is -2.26. The van der Waals surface area contributed by atoms with Crippen molar-refractivity contribution in [2.24, 2.45) is 10.1 Å². The van der Waals surface area contributed by atoms with Gasteiger partial charge in [-0.25, -0.2) is 18.1 Å². The number of hydrogen-bond acceptors (Lipinski definition) is 8. The van der Waals surface area contributed by atoms with Crippen molar-refractivity contribution in [3.63, 3.8) is 0 Å². The van der Waals surface area contributed by atoms with Gasteiger partial charge >= 0.3 is 0 Å². The van der Waals surface area contributed by atoms with Crippen LogP contribution in [-0.4, -0.2) is 75.3 Å². The van der Waals surface area contributed by atoms with E-state index in [1.807, 2.05) is 18.2 Å². The summed E-state index contributed by atoms with van der Waals surface area (Å²) in [5.41, 5.74) is 0.00652. The second-order valence-corrected chi connectivity index (χ2v) is 10.7. The molecule has 1 aliphatic rings. The fourth-order valence-electron chi connectivity index (χ4n) is 3.99. The van der Waals surface area contributed by atoms with Gasteiger partial charge in [-0.1, -0.05) is 54.1 Å². The van der Waals surface area contributed by atoms with Crippen LogP contribution < -0.4 is 9.46 Å². The standard InChI is InChI=1S/C27H29ClN4O6S/c1-29-26(31-39(35,36)24-13-11-23(12-14-24)38-18-17-37-16-15-33)32-19-27(34,21-5-3-2-4-6-21)25(30-32)20-7-9-22(28)10-8-20/h2-14,33-34H,15-19H2,1H3,(H,29,31). The number of sulfonamides is 1. The van der Waals surface area contributed by atoms with Crippen LogP contribution in [0.25, 0.3) is 0 Å². The molecule has 0 amide bonds. The third kappa shape index (κ3) is 6.75. The van der Waals surface area contributed by atoms with Crippen molar-refractivity contribution in [3.05, 3.63) is 95.0 Å². The molecule has 10 nitrogen and oxygen atoms in total. The van der Waals surface area contributed by atoms with Crippen LogP contribution in [0.15, 0.2) is 93.9 Å². The van der Waals surface area contributed by atoms with Crippen LogP contribution in [0.5, 0.6) is 5.75 Å². The number of aliphatic imine (C=N–C) groups is 1. The van der Waals surface area contributed by atoms with E-state index in [2.05, 4.69) is 14.8 Å². The Bertz CT molecular complexity index is 1420. The lowest BCUT2D eigenvalue weighted by atomic mass is 9.86. The van der Waals surface area contributed by atoms with Gasteiger partial charge in [-0.05, 0) is 42.0 Å². The van der Waals surface area contributed by atoms with Gasteiger partial charge in [0.1, 0.15) is 18.1 Å². The molecular weight excluding hydrogens is 544 g/mol. The van der Waals surface area contributed by atoms with Crippen LogP contribution >= 0.6 is 11.6 Å². The van der Waals surface area contributed by atoms with Crippen molar-refractivity contribution in [1.82, 2.24) is 9.73 Å². The Morgan fingerprint density at radius 3 is 2.38 bits per heavy atom. The van der Waals surface area contributed by atoms with Crippen molar-refractivity contribution in [1.29, 1.82) is 0 Å². The van der Waals surface area contributed by atoms with E-state index in [0.717, 1.165) is 0 Å². The van der Waals surface area contributed by atoms with E-state index in [9.17, 15) is 13.5 Å². The van der Waals surface area contributed by atoms with Gasteiger partial charge in [0.2, 0.25) is 5.96 Å². The number of hydrogen-bond donors (Lipinski definition) is 3. The topological polar surface area (TPSA) is 133 Å². The summed E-state index contributed by atoms with van der Waals surface area (Å²) in [6.45, 7) is 0.625. The Labute approximate surface area is 232 Å². The highest BCUT2D eigenvalue weighted by molar-refractivity contribution is 7.90. The zero-order valence-corrected chi connectivity index (χ0v) is 22.8. The van der Waals surface area contributed by atoms with Crippen LogP contribution in [0.3, 0.4) is 0 Å². The molecule has 0 saturated heterocycles. The summed E-state index contributed by atoms with van der Waals surface area (Å²) in [5, 5.41) is 27.0. The molecule has 1 aliphatic heterocycles. The van der Waals surface area contributed by atoms with Crippen molar-refractivity contribution in [2.45, 2.75) is 10.5 Å². The Balaban J connectivity index is 1.54. The minimum Gasteiger partial charge on any atom is -0.491 e. The maximum absolute atomic E-state index is 13.2. The number of aliphatic hydroxyl groups excluding tert-OH is 1. The predicted octanol–water partition coefficient (Wildman–Crippen LogP) is 2.60. The molecule has 0 bridgehead atoms. The number of benzene rings is 3. The van der Waals surface area contributed by atoms with Gasteiger partial charge in [0.15, 0.2) is 5.60 Å². The minimum atomic E-state index is -4.05. The normalized spacial score (nSPS) is 17.7. The van der Waals surface area contributed by atoms with E-state index in [1.165, 1.54) is 36.3 Å². The molecule has 0 spiro atoms. The van der Waals surface area contributed by atoms with E-state index in [4.69, 9.17) is 26.2 Å². The SMILES string of the molecule is CN=C(NS(=O)(=O)c1ccc(OCCOCCO)cc1)N1CC(O)(c2ccccc2)C(c2ccc(Cl)cc2)=N1. The number of ether oxygens (including phenoxy) is 2. The van der Waals surface area contributed by atoms with Gasteiger partial charge in [-0.15, -0.1) is 0 Å². The molecule has 4 rings (SSSR count). The molecule has 0 fully saturated rings. The van der Waals surface area contributed by atoms with Crippen molar-refractivity contribution in [2.75, 3.05) is 40.0 Å². The first-order valence-corrected chi connectivity index (χ1v) is 13.9. The number of nitrogens with one attached hydrogen (secondary N) is 1. The van der Waals surface area contributed by atoms with Gasteiger partial charge in [0.25, 0.3) is 10.0 Å². The fourth-order valence-corrected chi connectivity index (χ4v) is 5.17. The van der Waals surface area contributed by atoms with Gasteiger partial charge in [0.05, 0.1) is 31.3 Å². The molecular formula is C27H29ClN4O6S. The first kappa shape index (κ1) is 28.5. The summed E-state index contributed by atoms with van der Waals surface area (Å²) in [7, 11) is -2.61. The van der Waals surface area contributed by atoms with Gasteiger partial charge in [-0.2, -0.15) is 5.10 Å². The third-order valence-corrected chi connectivity index (χ3v) is 7.50. The van der Waals surface area contributed by atoms with Crippen LogP contribution in [0.2, 0.25) is 5.02 Å². The zero-order chi connectivity index (χ0) is 27.9. The van der Waals surface area contributed by atoms with E-state index in [1.54, 1.807) is 36.4 Å². The summed E-state index contributed by atoms with van der Waals surface area (Å²) >= 11 is 6.06. The molecule has 39 heavy (non-hydrogen) atoms. The largest absolute Gasteiger partial charge is 0.491 e. The number of β-amino-alcohol motifs (C(OH)–C–C–N with tert-alkyl or cyclic N) is 1. The molecule has 1 unspecified atom stereocenters. The average molecular weight is 573 g/mol. The predicted molar refractivity (Wildman–Crippen MR) is 149 cm³/mol. The summed E-state index contributed by atoms with van der Waals surface area (Å²) in [4.78, 5) is 4.11. The van der Waals surface area contributed by atoms with E-state index < -0.39 is 15.6 Å². The summed E-state index contributed by atoms with van der Waals surface area (Å²) in [6, 6.07) is 21.8. The Morgan fingerprint density at radius 1 is 1.05 bits per heavy atom. The van der Waals surface area contributed by atoms with E-state index >= 15 is 0 Å². The van der Waals surface area contributed by atoms with Crippen molar-refractivity contribution < 1.29 is 28.1 Å². The number of guanidine groups is 1. The molecule has 0 saturated carbocycles. The fraction of sp³-hybridized carbons (Fsp3) is 0.259. The zero-order valence-electron chi connectivity index (χ0n) is 21.2. The quantitative estimate of drug-likeness (QED) is 0.193. The number of hydrazone groups is 1. The highest BCUT2D eigenvalue weighted by Crippen LogP contribution is 2.33. The first-order chi connectivity index (χ1) is 18.8. The van der Waals surface area contributed by atoms with Crippen molar-refractivity contribution in [3.8, 4) is 5.75 Å². The summed E-state index contributed by atoms with van der Waals surface area (Å²) in [6.07, 6.45) is 0. The molecule has 1 atom stereocenters. The highest BCUT2D eigenvalue weighted by Gasteiger charge is 2.45. The molecule has 3 aromatic carbocycles. The molecule has 206 valence electrons. The van der Waals surface area contributed by atoms with Gasteiger partial charge in [0, 0.05) is 17.6 Å². The lowest BCUT2D eigenvalue weighted by molar-refractivity contribution is 0.0705. The second kappa shape index (κ2) is 12.6. The molecule has 3 N–H and O–H groups in total. The molecule has 0 aromatic heterocycles. The number of rotatable bonds is 10. The lowest BCUT2D eigenvalue weighted by Crippen LogP contribution is -2.45. The van der Waals surface area contributed by atoms with Gasteiger partial charge < -0.3 is 19.7 Å². The minimum absolute atomic E-state index is 0.00745. The summed E-state index contributed by atoms with van der Waals surface area (Å²) in [5.74, 6) is 0.408. The van der Waals surface area contributed by atoms with E-state index in [0.29, 0.717) is 34.2 Å². The molecule has 0 aliphatic carbocycles. The van der Waals surface area contributed by atoms with Crippen LogP contribution in [-0.2, 0) is 20.4 Å². The third-order valence-electron chi connectivity index (χ3n) is 5.91. The van der Waals surface area contributed by atoms with Crippen LogP contribution in [0.1, 0.15) is 11.1 Å². The van der Waals surface area contributed by atoms with Crippen LogP contribution in [0.4, 0.5) is 0 Å². The van der Waals surface area contributed by atoms with E-state index in [-0.39, 0.29) is 37.2 Å². The second-order valence-electron chi connectivity index (χ2n) is 8.55. The molecule has 12 heteroatoms. The number of nitrogens with zero attached hydrogens (tertiary/aromatic N) is 3. The average Bonchev–Trinajstić information content (AvgIpc) is 3.31. The first-order valence-electron chi connectivity index (χ1n) is 12.1. The number of aliphatic hydroxyl groups is 2. The van der Waals surface area contributed by atoms with Crippen molar-refractivity contribution >= 4 is 33.3 Å². The monoisotopic (exact) mass is 572 g/mol. The Morgan fingerprint density at radius 2 is 1.74 bits per heavy atom.